The minimum absolute atomic E-state index is 0.0372. The summed E-state index contributed by atoms with van der Waals surface area (Å²) in [5, 5.41) is 12.0. The number of hydrogen-bond donors (Lipinski definition) is 3. The van der Waals surface area contributed by atoms with Crippen LogP contribution in [0.15, 0.2) is 35.8 Å². The second kappa shape index (κ2) is 21.6. The maximum atomic E-state index is 15.1. The molecule has 3 aromatic heterocycles. The number of rotatable bonds is 10. The molecule has 6 bridgehead atoms. The van der Waals surface area contributed by atoms with Gasteiger partial charge in [0.05, 0.1) is 78.0 Å². The number of carbonyl (C=O) groups is 4. The van der Waals surface area contributed by atoms with Crippen LogP contribution in [0.4, 0.5) is 5.69 Å². The lowest BCUT2D eigenvalue weighted by molar-refractivity contribution is -0.155. The van der Waals surface area contributed by atoms with Gasteiger partial charge in [0.2, 0.25) is 11.8 Å². The Kier molecular flexibility index (Phi) is 14.7. The fraction of sp³-hybridized carbons (Fsp3) is 0.655. The van der Waals surface area contributed by atoms with Gasteiger partial charge < -0.3 is 39.2 Å². The van der Waals surface area contributed by atoms with Crippen LogP contribution < -0.4 is 21.0 Å². The smallest absolute Gasteiger partial charge is 0.324 e. The van der Waals surface area contributed by atoms with E-state index in [0.29, 0.717) is 38.4 Å². The first-order valence-corrected chi connectivity index (χ1v) is 29.7. The lowest BCUT2D eigenvalue weighted by Gasteiger charge is -2.44. The van der Waals surface area contributed by atoms with E-state index >= 15 is 9.59 Å². The first-order valence-electron chi connectivity index (χ1n) is 28.8. The lowest BCUT2D eigenvalue weighted by atomic mass is 9.84. The number of nitrogens with one attached hydrogen (secondary N) is 3. The molecule has 1 saturated carbocycles. The Morgan fingerprint density at radius 3 is 2.65 bits per heavy atom. The van der Waals surface area contributed by atoms with Gasteiger partial charge in [0.1, 0.15) is 12.1 Å². The number of aromatic nitrogens is 3. The summed E-state index contributed by atoms with van der Waals surface area (Å²) in [6.07, 6.45) is 9.56. The molecule has 18 nitrogen and oxygen atoms in total. The van der Waals surface area contributed by atoms with Crippen LogP contribution in [0.5, 0.6) is 0 Å². The third kappa shape index (κ3) is 10.5. The van der Waals surface area contributed by atoms with Gasteiger partial charge in [0.15, 0.2) is 0 Å². The van der Waals surface area contributed by atoms with Crippen molar-refractivity contribution in [2.75, 3.05) is 97.3 Å². The Morgan fingerprint density at radius 1 is 1.01 bits per heavy atom. The molecule has 77 heavy (non-hydrogen) atoms. The topological polar surface area (TPSA) is 189 Å². The first-order chi connectivity index (χ1) is 37.3. The second-order valence-corrected chi connectivity index (χ2v) is 25.3. The van der Waals surface area contributed by atoms with Crippen molar-refractivity contribution in [2.24, 2.45) is 16.7 Å². The van der Waals surface area contributed by atoms with Gasteiger partial charge in [-0.2, -0.15) is 0 Å². The summed E-state index contributed by atoms with van der Waals surface area (Å²) in [7, 11) is 1.74. The van der Waals surface area contributed by atoms with Crippen LogP contribution in [0.3, 0.4) is 0 Å². The molecule has 7 aliphatic heterocycles. The molecule has 0 unspecified atom stereocenters. The van der Waals surface area contributed by atoms with Crippen LogP contribution in [0.2, 0.25) is 0 Å². The second-order valence-electron chi connectivity index (χ2n) is 24.4. The van der Waals surface area contributed by atoms with E-state index in [9.17, 15) is 9.59 Å². The van der Waals surface area contributed by atoms with E-state index in [1.54, 1.807) is 12.1 Å². The molecule has 7 atom stereocenters. The molecule has 8 aliphatic rings. The fourth-order valence-electron chi connectivity index (χ4n) is 14.1. The van der Waals surface area contributed by atoms with Gasteiger partial charge in [-0.3, -0.25) is 39.0 Å². The zero-order valence-electron chi connectivity index (χ0n) is 45.8. The molecule has 3 N–H and O–H groups in total. The predicted octanol–water partition coefficient (Wildman–Crippen LogP) is 5.18. The van der Waals surface area contributed by atoms with Gasteiger partial charge in [-0.25, -0.2) is 10.4 Å². The zero-order valence-corrected chi connectivity index (χ0v) is 46.6. The molecule has 19 heteroatoms. The highest BCUT2D eigenvalue weighted by atomic mass is 32.1. The number of pyridine rings is 1. The molecule has 414 valence electrons. The lowest BCUT2D eigenvalue weighted by Crippen LogP contribution is -2.62. The van der Waals surface area contributed by atoms with E-state index in [1.165, 1.54) is 11.3 Å². The Labute approximate surface area is 456 Å². The van der Waals surface area contributed by atoms with Gasteiger partial charge in [-0.15, -0.1) is 11.3 Å². The molecule has 3 amide bonds. The number of ether oxygens (including phenoxy) is 3. The van der Waals surface area contributed by atoms with E-state index in [2.05, 4.69) is 92.7 Å². The van der Waals surface area contributed by atoms with E-state index in [0.717, 1.165) is 166 Å². The van der Waals surface area contributed by atoms with E-state index in [1.807, 2.05) is 11.1 Å². The number of hydrazine groups is 1. The Balaban J connectivity index is 0.893. The number of cyclic esters (lactones) is 1. The van der Waals surface area contributed by atoms with Gasteiger partial charge in [-0.05, 0) is 95.0 Å². The number of thiazole rings is 1. The number of aryl methyl sites for hydroxylation is 1. The molecule has 6 saturated heterocycles. The van der Waals surface area contributed by atoms with Crippen LogP contribution in [-0.4, -0.2) is 181 Å². The van der Waals surface area contributed by atoms with E-state index in [-0.39, 0.29) is 54.2 Å². The number of morpholine rings is 1. The summed E-state index contributed by atoms with van der Waals surface area (Å²) in [5.74, 6) is -0.456. The molecule has 10 heterocycles. The van der Waals surface area contributed by atoms with E-state index < -0.39 is 29.5 Å². The number of benzene rings is 1. The molecular formula is C58H79N11O7S. The predicted molar refractivity (Wildman–Crippen MR) is 295 cm³/mol. The number of methoxy groups -OCH3 is 1. The summed E-state index contributed by atoms with van der Waals surface area (Å²) in [5.41, 5.74) is 10.7. The molecule has 12 rings (SSSR count). The Bertz CT molecular complexity index is 2880. The van der Waals surface area contributed by atoms with Gasteiger partial charge in [-0.1, -0.05) is 32.8 Å². The molecule has 1 spiro atoms. The van der Waals surface area contributed by atoms with Crippen LogP contribution in [-0.2, 0) is 52.8 Å². The highest BCUT2D eigenvalue weighted by Crippen LogP contribution is 2.45. The number of fused-ring (bicyclic) bond motifs is 7. The van der Waals surface area contributed by atoms with Crippen molar-refractivity contribution in [3.63, 3.8) is 0 Å². The van der Waals surface area contributed by atoms with Crippen LogP contribution in [0, 0.1) is 16.7 Å². The summed E-state index contributed by atoms with van der Waals surface area (Å²) in [6, 6.07) is 7.13. The van der Waals surface area contributed by atoms with Crippen molar-refractivity contribution < 1.29 is 33.4 Å². The maximum Gasteiger partial charge on any atom is 0.324 e. The Hall–Kier alpha value is -5.02. The maximum absolute atomic E-state index is 15.1. The fourth-order valence-corrected chi connectivity index (χ4v) is 14.9. The van der Waals surface area contributed by atoms with Gasteiger partial charge >= 0.3 is 5.97 Å². The monoisotopic (exact) mass is 1070 g/mol. The van der Waals surface area contributed by atoms with Crippen molar-refractivity contribution in [1.29, 1.82) is 0 Å². The largest absolute Gasteiger partial charge is 0.464 e. The highest BCUT2D eigenvalue weighted by molar-refractivity contribution is 7.10. The number of piperazine rings is 1. The molecular weight excluding hydrogens is 995 g/mol. The first kappa shape index (κ1) is 52.7. The Morgan fingerprint density at radius 2 is 1.84 bits per heavy atom. The van der Waals surface area contributed by atoms with Gasteiger partial charge in [0, 0.05) is 117 Å². The van der Waals surface area contributed by atoms with Crippen molar-refractivity contribution in [3.05, 3.63) is 52.1 Å². The molecule has 1 aliphatic carbocycles. The number of likely N-dealkylation sites (tertiary alicyclic amines) is 2. The number of anilines is 1. The van der Waals surface area contributed by atoms with Crippen LogP contribution >= 0.6 is 11.3 Å². The van der Waals surface area contributed by atoms with Crippen molar-refractivity contribution in [2.45, 2.75) is 135 Å². The highest BCUT2D eigenvalue weighted by Gasteiger charge is 2.50. The number of carbonyl (C=O) groups excluding carboxylic acids is 4. The summed E-state index contributed by atoms with van der Waals surface area (Å²) < 4.78 is 20.7. The number of hydrogen-bond acceptors (Lipinski definition) is 15. The van der Waals surface area contributed by atoms with Crippen LogP contribution in [0.1, 0.15) is 101 Å². The standard InChI is InChI=1S/C58H79N11O7S/c1-6-68-48-14-13-38-24-41(48)43(52(68)42-25-39(28-60-50(42)36(2)74-5)65-21-20-64-22-23-75-31-40(64)30-65)27-57(3,4)35-76-56(73)44-12-9-17-69(63-44)55(72)45(26-49-61-47(38)32-77-49)62-53(70)51(37-10-7-8-11-37)66-18-15-58(33-66)16-19-67(34-58)54(71)46-29-59-46/h13-14,24-25,28,32,36-37,40,44-46,51,59,63H,6-12,15-23,26-27,29-31,33-35H2,1-5H3,(H,62,70)/t36-,40-,44-,45-,46+,51-,58-/m0/s1. The SMILES string of the molecule is CCn1c(-c2cc(N3CCN4CCOC[C@@H]4C3)cnc2[C@H](C)OC)c2c3cc(ccc31)-c1csc(n1)C[C@H](NC(=O)[C@H](C1CCCC1)N1CC[C@]3(CCN(C(=O)[C@H]4CN4)C3)C1)C(=O)N1CCC[C@H](N1)C(=O)OCC(C)(C)C2. The third-order valence-electron chi connectivity index (χ3n) is 18.5. The number of amides is 3. The minimum Gasteiger partial charge on any atom is -0.464 e. The summed E-state index contributed by atoms with van der Waals surface area (Å²) >= 11 is 1.50. The van der Waals surface area contributed by atoms with Crippen LogP contribution in [0.25, 0.3) is 33.4 Å². The van der Waals surface area contributed by atoms with Crippen molar-refractivity contribution >= 4 is 51.6 Å². The third-order valence-corrected chi connectivity index (χ3v) is 19.3. The quantitative estimate of drug-likeness (QED) is 0.139. The number of nitrogens with zero attached hydrogens (tertiary/aromatic N) is 8. The minimum atomic E-state index is -0.934. The summed E-state index contributed by atoms with van der Waals surface area (Å²) in [4.78, 5) is 77.4. The number of esters is 1. The molecule has 1 aromatic carbocycles. The van der Waals surface area contributed by atoms with Crippen molar-refractivity contribution in [1.82, 2.24) is 50.3 Å². The normalized spacial score (nSPS) is 28.2. The zero-order chi connectivity index (χ0) is 53.2. The van der Waals surface area contributed by atoms with E-state index in [4.69, 9.17) is 24.2 Å². The average Bonchev–Trinajstić information content (AvgIpc) is 4.08. The molecule has 0 radical (unpaired) electrons. The van der Waals surface area contributed by atoms with Crippen molar-refractivity contribution in [3.8, 4) is 22.5 Å². The molecule has 4 aromatic rings. The van der Waals surface area contributed by atoms with Gasteiger partial charge in [0.25, 0.3) is 5.91 Å². The average molecular weight is 1070 g/mol. The molecule has 7 fully saturated rings. The summed E-state index contributed by atoms with van der Waals surface area (Å²) in [6.45, 7) is 18.8.